The average molecular weight is 375 g/mol. The van der Waals surface area contributed by atoms with Crippen molar-refractivity contribution in [3.05, 3.63) is 28.8 Å². The zero-order valence-corrected chi connectivity index (χ0v) is 17.0. The van der Waals surface area contributed by atoms with Crippen molar-refractivity contribution < 1.29 is 14.3 Å². The number of rotatable bonds is 9. The molecule has 2 N–H and O–H groups in total. The Kier molecular flexibility index (Phi) is 8.62. The van der Waals surface area contributed by atoms with Gasteiger partial charge in [0.25, 0.3) is 5.91 Å². The Balaban J connectivity index is 1.58. The van der Waals surface area contributed by atoms with Gasteiger partial charge in [-0.2, -0.15) is 0 Å². The lowest BCUT2D eigenvalue weighted by Crippen LogP contribution is -2.37. The maximum Gasteiger partial charge on any atom is 0.258 e. The topological polar surface area (TPSA) is 67.4 Å². The van der Waals surface area contributed by atoms with E-state index in [4.69, 9.17) is 4.74 Å². The molecule has 27 heavy (non-hydrogen) atoms. The van der Waals surface area contributed by atoms with Crippen LogP contribution in [0.3, 0.4) is 0 Å². The summed E-state index contributed by atoms with van der Waals surface area (Å²) in [4.78, 5) is 23.9. The fourth-order valence-corrected chi connectivity index (χ4v) is 3.64. The molecule has 1 aromatic rings. The average Bonchev–Trinajstić information content (AvgIpc) is 2.67. The van der Waals surface area contributed by atoms with Gasteiger partial charge in [0.1, 0.15) is 5.75 Å². The third-order valence-corrected chi connectivity index (χ3v) is 5.49. The van der Waals surface area contributed by atoms with Gasteiger partial charge in [-0.25, -0.2) is 0 Å². The molecule has 5 heteroatoms. The molecule has 1 fully saturated rings. The van der Waals surface area contributed by atoms with Crippen LogP contribution in [-0.2, 0) is 9.59 Å². The lowest BCUT2D eigenvalue weighted by molar-refractivity contribution is -0.124. The largest absolute Gasteiger partial charge is 0.483 e. The highest BCUT2D eigenvalue weighted by molar-refractivity contribution is 5.78. The summed E-state index contributed by atoms with van der Waals surface area (Å²) >= 11 is 0. The van der Waals surface area contributed by atoms with E-state index >= 15 is 0 Å². The monoisotopic (exact) mass is 374 g/mol. The fraction of sp³-hybridized carbons (Fsp3) is 0.636. The molecule has 0 bridgehead atoms. The maximum absolute atomic E-state index is 12.0. The number of hydrogen-bond acceptors (Lipinski definition) is 3. The molecule has 0 unspecified atom stereocenters. The van der Waals surface area contributed by atoms with E-state index in [0.717, 1.165) is 34.8 Å². The van der Waals surface area contributed by atoms with Crippen molar-refractivity contribution in [2.24, 2.45) is 5.92 Å². The third-order valence-electron chi connectivity index (χ3n) is 5.49. The van der Waals surface area contributed by atoms with E-state index in [1.165, 1.54) is 32.1 Å². The summed E-state index contributed by atoms with van der Waals surface area (Å²) in [5.41, 5.74) is 3.23. The Morgan fingerprint density at radius 1 is 0.963 bits per heavy atom. The molecule has 150 valence electrons. The van der Waals surface area contributed by atoms with E-state index in [0.29, 0.717) is 19.5 Å². The van der Waals surface area contributed by atoms with Crippen LogP contribution in [0.2, 0.25) is 0 Å². The van der Waals surface area contributed by atoms with Crippen LogP contribution >= 0.6 is 0 Å². The fourth-order valence-electron chi connectivity index (χ4n) is 3.64. The van der Waals surface area contributed by atoms with Crippen LogP contribution in [0.4, 0.5) is 0 Å². The van der Waals surface area contributed by atoms with Crippen molar-refractivity contribution in [3.8, 4) is 5.75 Å². The summed E-state index contributed by atoms with van der Waals surface area (Å²) in [6.07, 6.45) is 8.07. The van der Waals surface area contributed by atoms with Crippen LogP contribution in [0.25, 0.3) is 0 Å². The Bertz CT molecular complexity index is 637. The SMILES string of the molecule is Cc1ccc(C)c(OCC(=O)NCCNC(=O)CCC2CCCCC2)c1C. The molecule has 0 aliphatic heterocycles. The van der Waals surface area contributed by atoms with E-state index in [-0.39, 0.29) is 18.4 Å². The number of amides is 2. The lowest BCUT2D eigenvalue weighted by atomic mass is 9.86. The molecule has 5 nitrogen and oxygen atoms in total. The molecule has 1 aliphatic carbocycles. The minimum atomic E-state index is -0.174. The van der Waals surface area contributed by atoms with Crippen molar-refractivity contribution in [2.75, 3.05) is 19.7 Å². The van der Waals surface area contributed by atoms with Crippen LogP contribution in [0.1, 0.15) is 61.6 Å². The molecule has 1 aliphatic rings. The van der Waals surface area contributed by atoms with Crippen molar-refractivity contribution in [1.29, 1.82) is 0 Å². The van der Waals surface area contributed by atoms with Crippen molar-refractivity contribution >= 4 is 11.8 Å². The molecule has 0 atom stereocenters. The first-order valence-corrected chi connectivity index (χ1v) is 10.2. The first-order valence-electron chi connectivity index (χ1n) is 10.2. The van der Waals surface area contributed by atoms with Gasteiger partial charge >= 0.3 is 0 Å². The minimum absolute atomic E-state index is 0.0131. The number of nitrogens with one attached hydrogen (secondary N) is 2. The van der Waals surface area contributed by atoms with E-state index in [9.17, 15) is 9.59 Å². The van der Waals surface area contributed by atoms with Crippen LogP contribution in [0.5, 0.6) is 5.75 Å². The van der Waals surface area contributed by atoms with E-state index in [2.05, 4.69) is 16.7 Å². The summed E-state index contributed by atoms with van der Waals surface area (Å²) in [7, 11) is 0. The van der Waals surface area contributed by atoms with Gasteiger partial charge < -0.3 is 15.4 Å². The molecule has 2 amide bonds. The second-order valence-corrected chi connectivity index (χ2v) is 7.68. The normalized spacial score (nSPS) is 14.6. The number of benzene rings is 1. The highest BCUT2D eigenvalue weighted by atomic mass is 16.5. The molecule has 2 rings (SSSR count). The number of hydrogen-bond donors (Lipinski definition) is 2. The van der Waals surface area contributed by atoms with Gasteiger partial charge in [-0.05, 0) is 49.8 Å². The number of aryl methyl sites for hydroxylation is 2. The van der Waals surface area contributed by atoms with Gasteiger partial charge in [-0.1, -0.05) is 44.2 Å². The highest BCUT2D eigenvalue weighted by Crippen LogP contribution is 2.27. The minimum Gasteiger partial charge on any atom is -0.483 e. The molecule has 0 radical (unpaired) electrons. The zero-order chi connectivity index (χ0) is 19.6. The van der Waals surface area contributed by atoms with Gasteiger partial charge in [-0.15, -0.1) is 0 Å². The number of carbonyl (C=O) groups is 2. The highest BCUT2D eigenvalue weighted by Gasteiger charge is 2.14. The van der Waals surface area contributed by atoms with Crippen LogP contribution in [-0.4, -0.2) is 31.5 Å². The van der Waals surface area contributed by atoms with Gasteiger partial charge in [0.05, 0.1) is 0 Å². The van der Waals surface area contributed by atoms with Crippen LogP contribution < -0.4 is 15.4 Å². The lowest BCUT2D eigenvalue weighted by Gasteiger charge is -2.21. The Morgan fingerprint density at radius 2 is 1.59 bits per heavy atom. The smallest absolute Gasteiger partial charge is 0.258 e. The molecule has 0 saturated heterocycles. The summed E-state index contributed by atoms with van der Waals surface area (Å²) in [5, 5.41) is 5.67. The van der Waals surface area contributed by atoms with E-state index in [1.807, 2.05) is 26.8 Å². The molecular weight excluding hydrogens is 340 g/mol. The molecule has 1 saturated carbocycles. The summed E-state index contributed by atoms with van der Waals surface area (Å²) in [5.74, 6) is 1.40. The van der Waals surface area contributed by atoms with E-state index < -0.39 is 0 Å². The summed E-state index contributed by atoms with van der Waals surface area (Å²) in [6.45, 7) is 6.86. The predicted molar refractivity (Wildman–Crippen MR) is 108 cm³/mol. The summed E-state index contributed by atoms with van der Waals surface area (Å²) in [6, 6.07) is 4.05. The van der Waals surface area contributed by atoms with Crippen molar-refractivity contribution in [3.63, 3.8) is 0 Å². The van der Waals surface area contributed by atoms with Gasteiger partial charge in [0.15, 0.2) is 6.61 Å². The molecule has 0 spiro atoms. The predicted octanol–water partition coefficient (Wildman–Crippen LogP) is 3.58. The zero-order valence-electron chi connectivity index (χ0n) is 17.0. The molecule has 0 heterocycles. The summed E-state index contributed by atoms with van der Waals surface area (Å²) < 4.78 is 5.69. The third kappa shape index (κ3) is 7.24. The first kappa shape index (κ1) is 21.3. The number of ether oxygens (including phenoxy) is 1. The van der Waals surface area contributed by atoms with Crippen LogP contribution in [0, 0.1) is 26.7 Å². The molecule has 0 aromatic heterocycles. The Hall–Kier alpha value is -2.04. The number of carbonyl (C=O) groups excluding carboxylic acids is 2. The van der Waals surface area contributed by atoms with Gasteiger partial charge in [0.2, 0.25) is 5.91 Å². The Labute approximate surface area is 163 Å². The molecule has 1 aromatic carbocycles. The quantitative estimate of drug-likeness (QED) is 0.649. The van der Waals surface area contributed by atoms with Crippen molar-refractivity contribution in [1.82, 2.24) is 10.6 Å². The molecular formula is C22H34N2O3. The van der Waals surface area contributed by atoms with Gasteiger partial charge in [-0.3, -0.25) is 9.59 Å². The first-order chi connectivity index (χ1) is 13.0. The van der Waals surface area contributed by atoms with Crippen LogP contribution in [0.15, 0.2) is 12.1 Å². The van der Waals surface area contributed by atoms with Gasteiger partial charge in [0, 0.05) is 19.5 Å². The Morgan fingerprint density at radius 3 is 2.30 bits per heavy atom. The standard InChI is InChI=1S/C22H34N2O3/c1-16-9-10-17(2)22(18(16)3)27-15-21(26)24-14-13-23-20(25)12-11-19-7-5-4-6-8-19/h9-10,19H,4-8,11-15H2,1-3H3,(H,23,25)(H,24,26). The maximum atomic E-state index is 12.0. The second kappa shape index (κ2) is 11.0. The van der Waals surface area contributed by atoms with E-state index in [1.54, 1.807) is 0 Å². The second-order valence-electron chi connectivity index (χ2n) is 7.68. The van der Waals surface area contributed by atoms with Crippen molar-refractivity contribution in [2.45, 2.75) is 65.7 Å².